The number of aromatic carboxylic acids is 1. The van der Waals surface area contributed by atoms with Gasteiger partial charge in [-0.3, -0.25) is 0 Å². The zero-order valence-corrected chi connectivity index (χ0v) is 9.84. The lowest BCUT2D eigenvalue weighted by molar-refractivity contribution is 0.00835. The van der Waals surface area contributed by atoms with E-state index in [0.29, 0.717) is 6.92 Å². The molecule has 0 saturated carbocycles. The summed E-state index contributed by atoms with van der Waals surface area (Å²) in [7, 11) is 0. The van der Waals surface area contributed by atoms with Crippen molar-refractivity contribution in [1.82, 2.24) is 9.78 Å². The smallest absolute Gasteiger partial charge is 0.339 e. The maximum Gasteiger partial charge on any atom is 0.339 e. The van der Waals surface area contributed by atoms with Crippen LogP contribution in [0.3, 0.4) is 0 Å². The minimum Gasteiger partial charge on any atom is -0.508 e. The van der Waals surface area contributed by atoms with Gasteiger partial charge in [-0.15, -0.1) is 0 Å². The summed E-state index contributed by atoms with van der Waals surface area (Å²) in [5, 5.41) is 21.7. The van der Waals surface area contributed by atoms with Crippen LogP contribution in [0.25, 0.3) is 5.69 Å². The molecule has 1 heterocycles. The van der Waals surface area contributed by atoms with Crippen LogP contribution in [0.2, 0.25) is 0 Å². The van der Waals surface area contributed by atoms with E-state index in [-0.39, 0.29) is 11.4 Å². The van der Waals surface area contributed by atoms with Crippen LogP contribution in [-0.2, 0) is 5.92 Å². The molecule has 0 saturated heterocycles. The number of alkyl halides is 2. The van der Waals surface area contributed by atoms with Gasteiger partial charge in [0.1, 0.15) is 17.0 Å². The Balaban J connectivity index is 2.64. The highest BCUT2D eigenvalue weighted by Crippen LogP contribution is 2.32. The van der Waals surface area contributed by atoms with Gasteiger partial charge in [0.05, 0.1) is 11.9 Å². The number of carbonyl (C=O) groups is 1. The van der Waals surface area contributed by atoms with Crippen molar-refractivity contribution in [1.29, 1.82) is 0 Å². The maximum atomic E-state index is 13.6. The Bertz CT molecular complexity index is 615. The third kappa shape index (κ3) is 2.40. The van der Waals surface area contributed by atoms with Gasteiger partial charge in [0, 0.05) is 6.92 Å². The van der Waals surface area contributed by atoms with Crippen molar-refractivity contribution in [2.24, 2.45) is 0 Å². The van der Waals surface area contributed by atoms with Gasteiger partial charge in [0.15, 0.2) is 0 Å². The molecular formula is C12H10F2N2O3. The van der Waals surface area contributed by atoms with Crippen molar-refractivity contribution in [3.05, 3.63) is 41.7 Å². The maximum absolute atomic E-state index is 13.6. The second kappa shape index (κ2) is 4.34. The molecule has 7 heteroatoms. The Kier molecular flexibility index (Phi) is 2.97. The lowest BCUT2D eigenvalue weighted by Crippen LogP contribution is -2.18. The first-order valence-electron chi connectivity index (χ1n) is 5.29. The Morgan fingerprint density at radius 2 is 1.89 bits per heavy atom. The molecule has 0 aliphatic heterocycles. The topological polar surface area (TPSA) is 75.3 Å². The van der Waals surface area contributed by atoms with Crippen LogP contribution in [0.5, 0.6) is 5.75 Å². The lowest BCUT2D eigenvalue weighted by atomic mass is 10.1. The second-order valence-electron chi connectivity index (χ2n) is 4.03. The summed E-state index contributed by atoms with van der Waals surface area (Å²) in [5.41, 5.74) is -1.02. The number of nitrogens with zero attached hydrogens (tertiary/aromatic N) is 2. The molecule has 0 unspecified atom stereocenters. The number of halogens is 2. The molecule has 5 nitrogen and oxygen atoms in total. The number of carboxylic acid groups (broad SMARTS) is 1. The first-order valence-corrected chi connectivity index (χ1v) is 5.29. The van der Waals surface area contributed by atoms with Crippen LogP contribution in [0, 0.1) is 0 Å². The molecule has 0 radical (unpaired) electrons. The van der Waals surface area contributed by atoms with Crippen LogP contribution in [0.4, 0.5) is 8.78 Å². The number of phenols is 1. The molecule has 2 N–H and O–H groups in total. The molecule has 100 valence electrons. The number of aromatic nitrogens is 2. The molecule has 0 aliphatic rings. The number of hydrogen-bond donors (Lipinski definition) is 2. The predicted molar refractivity (Wildman–Crippen MR) is 61.8 cm³/mol. The number of carboxylic acids is 1. The van der Waals surface area contributed by atoms with Gasteiger partial charge in [-0.2, -0.15) is 13.9 Å². The van der Waals surface area contributed by atoms with E-state index >= 15 is 0 Å². The Morgan fingerprint density at radius 3 is 2.37 bits per heavy atom. The number of phenolic OH excluding ortho intramolecular Hbond substituents is 1. The molecule has 1 aromatic heterocycles. The fraction of sp³-hybridized carbons (Fsp3) is 0.167. The number of benzene rings is 1. The second-order valence-corrected chi connectivity index (χ2v) is 4.03. The fourth-order valence-corrected chi connectivity index (χ4v) is 1.72. The van der Waals surface area contributed by atoms with Crippen molar-refractivity contribution in [2.45, 2.75) is 12.8 Å². The normalized spacial score (nSPS) is 11.5. The van der Waals surface area contributed by atoms with Crippen molar-refractivity contribution >= 4 is 5.97 Å². The SMILES string of the molecule is CC(F)(F)c1c(C(=O)O)cnn1-c1ccc(O)cc1. The zero-order chi connectivity index (χ0) is 14.2. The summed E-state index contributed by atoms with van der Waals surface area (Å²) >= 11 is 0. The van der Waals surface area contributed by atoms with Gasteiger partial charge in [0.2, 0.25) is 0 Å². The van der Waals surface area contributed by atoms with Crippen molar-refractivity contribution in [3.8, 4) is 11.4 Å². The third-order valence-electron chi connectivity index (χ3n) is 2.51. The zero-order valence-electron chi connectivity index (χ0n) is 9.84. The summed E-state index contributed by atoms with van der Waals surface area (Å²) < 4.78 is 28.0. The van der Waals surface area contributed by atoms with Crippen molar-refractivity contribution in [2.75, 3.05) is 0 Å². The highest BCUT2D eigenvalue weighted by Gasteiger charge is 2.35. The Labute approximate surface area is 106 Å². The summed E-state index contributed by atoms with van der Waals surface area (Å²) in [6, 6.07) is 5.33. The average molecular weight is 268 g/mol. The third-order valence-corrected chi connectivity index (χ3v) is 2.51. The van der Waals surface area contributed by atoms with E-state index in [0.717, 1.165) is 10.9 Å². The van der Waals surface area contributed by atoms with Gasteiger partial charge < -0.3 is 10.2 Å². The monoisotopic (exact) mass is 268 g/mol. The molecule has 19 heavy (non-hydrogen) atoms. The Morgan fingerprint density at radius 1 is 1.32 bits per heavy atom. The summed E-state index contributed by atoms with van der Waals surface area (Å²) in [6.07, 6.45) is 0.877. The summed E-state index contributed by atoms with van der Waals surface area (Å²) in [6.45, 7) is 0.605. The van der Waals surface area contributed by atoms with E-state index in [4.69, 9.17) is 10.2 Å². The van der Waals surface area contributed by atoms with Gasteiger partial charge >= 0.3 is 5.97 Å². The first kappa shape index (κ1) is 13.0. The molecular weight excluding hydrogens is 258 g/mol. The van der Waals surface area contributed by atoms with Gasteiger partial charge in [-0.05, 0) is 24.3 Å². The predicted octanol–water partition coefficient (Wildman–Crippen LogP) is 2.39. The van der Waals surface area contributed by atoms with Crippen LogP contribution < -0.4 is 0 Å². The summed E-state index contributed by atoms with van der Waals surface area (Å²) in [4.78, 5) is 10.9. The van der Waals surface area contributed by atoms with Crippen LogP contribution in [0.1, 0.15) is 23.0 Å². The van der Waals surface area contributed by atoms with Crippen molar-refractivity contribution in [3.63, 3.8) is 0 Å². The van der Waals surface area contributed by atoms with Crippen molar-refractivity contribution < 1.29 is 23.8 Å². The largest absolute Gasteiger partial charge is 0.508 e. The van der Waals surface area contributed by atoms with Gasteiger partial charge in [-0.1, -0.05) is 0 Å². The number of rotatable bonds is 3. The average Bonchev–Trinajstić information content (AvgIpc) is 2.74. The molecule has 0 fully saturated rings. The highest BCUT2D eigenvalue weighted by atomic mass is 19.3. The number of hydrogen-bond acceptors (Lipinski definition) is 3. The van der Waals surface area contributed by atoms with E-state index in [9.17, 15) is 13.6 Å². The molecule has 0 bridgehead atoms. The van der Waals surface area contributed by atoms with E-state index in [1.165, 1.54) is 24.3 Å². The quantitative estimate of drug-likeness (QED) is 0.896. The molecule has 2 rings (SSSR count). The molecule has 0 spiro atoms. The number of aromatic hydroxyl groups is 1. The van der Waals surface area contributed by atoms with Crippen LogP contribution in [-0.4, -0.2) is 26.0 Å². The lowest BCUT2D eigenvalue weighted by Gasteiger charge is -2.14. The minimum atomic E-state index is -3.36. The van der Waals surface area contributed by atoms with Crippen LogP contribution >= 0.6 is 0 Å². The Hall–Kier alpha value is -2.44. The summed E-state index contributed by atoms with van der Waals surface area (Å²) in [5.74, 6) is -4.86. The highest BCUT2D eigenvalue weighted by molar-refractivity contribution is 5.89. The van der Waals surface area contributed by atoms with Gasteiger partial charge in [0.25, 0.3) is 5.92 Å². The molecule has 0 atom stereocenters. The van der Waals surface area contributed by atoms with E-state index in [1.807, 2.05) is 0 Å². The van der Waals surface area contributed by atoms with E-state index in [1.54, 1.807) is 0 Å². The molecule has 2 aromatic rings. The first-order chi connectivity index (χ1) is 8.80. The molecule has 1 aromatic carbocycles. The molecule has 0 amide bonds. The van der Waals surface area contributed by atoms with E-state index < -0.39 is 23.1 Å². The standard InChI is InChI=1S/C12H10F2N2O3/c1-12(13,14)10-9(11(18)19)6-15-16(10)7-2-4-8(17)5-3-7/h2-6,17H,1H3,(H,18,19). The fourth-order valence-electron chi connectivity index (χ4n) is 1.72. The van der Waals surface area contributed by atoms with E-state index in [2.05, 4.69) is 5.10 Å². The molecule has 0 aliphatic carbocycles. The van der Waals surface area contributed by atoms with Gasteiger partial charge in [-0.25, -0.2) is 9.48 Å². The van der Waals surface area contributed by atoms with Crippen LogP contribution in [0.15, 0.2) is 30.5 Å². The minimum absolute atomic E-state index is 0.0285.